The van der Waals surface area contributed by atoms with Crippen molar-refractivity contribution in [2.24, 2.45) is 4.99 Å². The lowest BCUT2D eigenvalue weighted by Crippen LogP contribution is -2.39. The van der Waals surface area contributed by atoms with Crippen LogP contribution in [-0.2, 0) is 6.54 Å². The molecule has 0 atom stereocenters. The van der Waals surface area contributed by atoms with Crippen LogP contribution in [0.25, 0.3) is 0 Å². The van der Waals surface area contributed by atoms with E-state index in [1.807, 2.05) is 36.2 Å². The number of carbonyl (C=O) groups excluding carboxylic acids is 1. The topological polar surface area (TPSA) is 60.0 Å². The number of amides is 2. The van der Waals surface area contributed by atoms with E-state index in [2.05, 4.69) is 40.2 Å². The second kappa shape index (κ2) is 12.1. The molecule has 1 saturated heterocycles. The molecule has 0 spiro atoms. The van der Waals surface area contributed by atoms with E-state index >= 15 is 0 Å². The molecule has 0 aliphatic carbocycles. The molecule has 0 aromatic heterocycles. The lowest BCUT2D eigenvalue weighted by Gasteiger charge is -2.22. The molecule has 1 aromatic carbocycles. The van der Waals surface area contributed by atoms with Gasteiger partial charge < -0.3 is 20.4 Å². The second-order valence-corrected chi connectivity index (χ2v) is 7.29. The number of allylic oxidation sites excluding steroid dienone is 1. The van der Waals surface area contributed by atoms with Crippen LogP contribution in [0.2, 0.25) is 0 Å². The summed E-state index contributed by atoms with van der Waals surface area (Å²) in [4.78, 5) is 20.7. The van der Waals surface area contributed by atoms with Gasteiger partial charge in [-0.05, 0) is 49.8 Å². The third-order valence-electron chi connectivity index (χ3n) is 5.00. The van der Waals surface area contributed by atoms with Gasteiger partial charge in [0.1, 0.15) is 0 Å². The van der Waals surface area contributed by atoms with Crippen molar-refractivity contribution >= 4 is 17.7 Å². The summed E-state index contributed by atoms with van der Waals surface area (Å²) in [6.07, 6.45) is 8.79. The molecule has 2 rings (SSSR count). The number of hydrogen-bond donors (Lipinski definition) is 2. The fraction of sp³-hybridized carbons (Fsp3) is 0.545. The monoisotopic (exact) mass is 385 g/mol. The SMILES string of the molecule is C=CCCCCCN(C)C(=NC)NCc1cccc(NC(=O)N2CCCC2)c1. The average molecular weight is 386 g/mol. The number of nitrogens with one attached hydrogen (secondary N) is 2. The molecule has 0 unspecified atom stereocenters. The molecule has 2 N–H and O–H groups in total. The molecule has 1 fully saturated rings. The summed E-state index contributed by atoms with van der Waals surface area (Å²) in [5, 5.41) is 6.41. The summed E-state index contributed by atoms with van der Waals surface area (Å²) in [7, 11) is 3.87. The Morgan fingerprint density at radius 1 is 1.29 bits per heavy atom. The Hall–Kier alpha value is -2.50. The van der Waals surface area contributed by atoms with Gasteiger partial charge in [0.05, 0.1) is 0 Å². The number of benzene rings is 1. The van der Waals surface area contributed by atoms with E-state index in [4.69, 9.17) is 0 Å². The highest BCUT2D eigenvalue weighted by molar-refractivity contribution is 5.89. The van der Waals surface area contributed by atoms with E-state index in [0.717, 1.165) is 62.5 Å². The first-order valence-corrected chi connectivity index (χ1v) is 10.3. The Labute approximate surface area is 169 Å². The summed E-state index contributed by atoms with van der Waals surface area (Å²) in [6, 6.07) is 7.98. The highest BCUT2D eigenvalue weighted by atomic mass is 16.2. The molecule has 28 heavy (non-hydrogen) atoms. The lowest BCUT2D eigenvalue weighted by molar-refractivity contribution is 0.222. The molecule has 6 heteroatoms. The number of aliphatic imine (C=N–C) groups is 1. The van der Waals surface area contributed by atoms with Crippen LogP contribution in [0.15, 0.2) is 41.9 Å². The van der Waals surface area contributed by atoms with Crippen LogP contribution >= 0.6 is 0 Å². The minimum atomic E-state index is -0.00499. The fourth-order valence-corrected chi connectivity index (χ4v) is 3.37. The molecule has 0 saturated carbocycles. The number of rotatable bonds is 9. The van der Waals surface area contributed by atoms with Crippen molar-refractivity contribution in [1.82, 2.24) is 15.1 Å². The number of unbranched alkanes of at least 4 members (excludes halogenated alkanes) is 3. The van der Waals surface area contributed by atoms with Crippen molar-refractivity contribution in [2.45, 2.75) is 45.1 Å². The Morgan fingerprint density at radius 3 is 2.79 bits per heavy atom. The molecular formula is C22H35N5O. The van der Waals surface area contributed by atoms with Gasteiger partial charge in [0, 0.05) is 46.0 Å². The normalized spacial score (nSPS) is 14.1. The quantitative estimate of drug-likeness (QED) is 0.292. The number of likely N-dealkylation sites (tertiary alicyclic amines) is 1. The van der Waals surface area contributed by atoms with Crippen molar-refractivity contribution < 1.29 is 4.79 Å². The van der Waals surface area contributed by atoms with Crippen molar-refractivity contribution in [3.05, 3.63) is 42.5 Å². The van der Waals surface area contributed by atoms with Crippen LogP contribution in [0.1, 0.15) is 44.1 Å². The minimum absolute atomic E-state index is 0.00499. The maximum Gasteiger partial charge on any atom is 0.321 e. The van der Waals surface area contributed by atoms with E-state index in [9.17, 15) is 4.79 Å². The van der Waals surface area contributed by atoms with Crippen LogP contribution in [0.4, 0.5) is 10.5 Å². The maximum atomic E-state index is 12.3. The summed E-state index contributed by atoms with van der Waals surface area (Å²) < 4.78 is 0. The summed E-state index contributed by atoms with van der Waals surface area (Å²) in [5.41, 5.74) is 1.95. The number of hydrogen-bond acceptors (Lipinski definition) is 2. The predicted octanol–water partition coefficient (Wildman–Crippen LogP) is 4.07. The number of urea groups is 1. The van der Waals surface area contributed by atoms with E-state index in [0.29, 0.717) is 6.54 Å². The molecular weight excluding hydrogens is 350 g/mol. The van der Waals surface area contributed by atoms with Crippen molar-refractivity contribution in [2.75, 3.05) is 39.0 Å². The minimum Gasteiger partial charge on any atom is -0.352 e. The van der Waals surface area contributed by atoms with Gasteiger partial charge in [-0.1, -0.05) is 24.6 Å². The van der Waals surface area contributed by atoms with Gasteiger partial charge in [0.15, 0.2) is 5.96 Å². The Morgan fingerprint density at radius 2 is 2.07 bits per heavy atom. The number of guanidine groups is 1. The summed E-state index contributed by atoms with van der Waals surface area (Å²) in [6.45, 7) is 7.11. The highest BCUT2D eigenvalue weighted by Gasteiger charge is 2.17. The van der Waals surface area contributed by atoms with E-state index in [1.165, 1.54) is 12.8 Å². The zero-order valence-corrected chi connectivity index (χ0v) is 17.4. The third-order valence-corrected chi connectivity index (χ3v) is 5.00. The molecule has 0 bridgehead atoms. The fourth-order valence-electron chi connectivity index (χ4n) is 3.37. The van der Waals surface area contributed by atoms with Gasteiger partial charge in [0.25, 0.3) is 0 Å². The molecule has 154 valence electrons. The van der Waals surface area contributed by atoms with Gasteiger partial charge in [-0.15, -0.1) is 6.58 Å². The first kappa shape index (κ1) is 21.8. The van der Waals surface area contributed by atoms with Gasteiger partial charge in [-0.25, -0.2) is 4.79 Å². The van der Waals surface area contributed by atoms with Crippen molar-refractivity contribution in [1.29, 1.82) is 0 Å². The van der Waals surface area contributed by atoms with Crippen molar-refractivity contribution in [3.8, 4) is 0 Å². The van der Waals surface area contributed by atoms with Gasteiger partial charge >= 0.3 is 6.03 Å². The van der Waals surface area contributed by atoms with Crippen LogP contribution in [0, 0.1) is 0 Å². The Bertz CT molecular complexity index is 652. The average Bonchev–Trinajstić information content (AvgIpc) is 3.23. The Kier molecular flexibility index (Phi) is 9.39. The molecule has 0 radical (unpaired) electrons. The number of carbonyl (C=O) groups is 1. The molecule has 1 heterocycles. The van der Waals surface area contributed by atoms with Gasteiger partial charge in [0.2, 0.25) is 0 Å². The van der Waals surface area contributed by atoms with E-state index in [1.54, 1.807) is 0 Å². The summed E-state index contributed by atoms with van der Waals surface area (Å²) >= 11 is 0. The first-order chi connectivity index (χ1) is 13.6. The highest BCUT2D eigenvalue weighted by Crippen LogP contribution is 2.14. The van der Waals surface area contributed by atoms with Crippen LogP contribution in [-0.4, -0.2) is 55.5 Å². The van der Waals surface area contributed by atoms with E-state index in [-0.39, 0.29) is 6.03 Å². The van der Waals surface area contributed by atoms with Crippen LogP contribution in [0.5, 0.6) is 0 Å². The molecule has 1 aliphatic rings. The summed E-state index contributed by atoms with van der Waals surface area (Å²) in [5.74, 6) is 0.884. The molecule has 6 nitrogen and oxygen atoms in total. The maximum absolute atomic E-state index is 12.3. The van der Waals surface area contributed by atoms with Crippen molar-refractivity contribution in [3.63, 3.8) is 0 Å². The number of nitrogens with zero attached hydrogens (tertiary/aromatic N) is 3. The third kappa shape index (κ3) is 7.25. The lowest BCUT2D eigenvalue weighted by atomic mass is 10.2. The smallest absolute Gasteiger partial charge is 0.321 e. The van der Waals surface area contributed by atoms with Crippen LogP contribution in [0.3, 0.4) is 0 Å². The van der Waals surface area contributed by atoms with Gasteiger partial charge in [-0.2, -0.15) is 0 Å². The largest absolute Gasteiger partial charge is 0.352 e. The van der Waals surface area contributed by atoms with E-state index < -0.39 is 0 Å². The zero-order chi connectivity index (χ0) is 20.2. The standard InChI is InChI=1S/C22H35N5O/c1-4-5-6-7-8-14-26(3)21(23-2)24-18-19-12-11-13-20(17-19)25-22(28)27-15-9-10-16-27/h4,11-13,17H,1,5-10,14-16,18H2,2-3H3,(H,23,24)(H,25,28). The molecule has 2 amide bonds. The predicted molar refractivity (Wildman–Crippen MR) is 118 cm³/mol. The molecule has 1 aromatic rings. The van der Waals surface area contributed by atoms with Crippen LogP contribution < -0.4 is 10.6 Å². The number of anilines is 1. The second-order valence-electron chi connectivity index (χ2n) is 7.29. The Balaban J connectivity index is 1.80. The zero-order valence-electron chi connectivity index (χ0n) is 17.4. The van der Waals surface area contributed by atoms with Gasteiger partial charge in [-0.3, -0.25) is 4.99 Å². The first-order valence-electron chi connectivity index (χ1n) is 10.3. The molecule has 1 aliphatic heterocycles.